The van der Waals surface area contributed by atoms with Crippen molar-refractivity contribution in [2.75, 3.05) is 13.1 Å². The lowest BCUT2D eigenvalue weighted by Gasteiger charge is -2.21. The molecule has 2 aromatic heterocycles. The van der Waals surface area contributed by atoms with Crippen molar-refractivity contribution in [1.82, 2.24) is 14.6 Å². The van der Waals surface area contributed by atoms with Crippen LogP contribution in [0.3, 0.4) is 0 Å². The lowest BCUT2D eigenvalue weighted by atomic mass is 10.2. The van der Waals surface area contributed by atoms with Gasteiger partial charge in [-0.1, -0.05) is 12.1 Å². The normalized spacial score (nSPS) is 11.3. The summed E-state index contributed by atoms with van der Waals surface area (Å²) in [5, 5.41) is 1.71. The number of aromatic nitrogens is 1. The van der Waals surface area contributed by atoms with Gasteiger partial charge in [0.2, 0.25) is 15.9 Å². The van der Waals surface area contributed by atoms with Crippen LogP contribution in [0.25, 0.3) is 0 Å². The molecule has 0 aliphatic carbocycles. The standard InChI is InChI=1S/C14H17N3O3S2/c1-12(18)17(11-13-4-2-6-15-10-13)8-7-16-22(19,20)14-5-3-9-21-14/h2-6,9-10,16H,7-8,11H2,1H3. The van der Waals surface area contributed by atoms with Crippen molar-refractivity contribution in [3.05, 3.63) is 47.6 Å². The van der Waals surface area contributed by atoms with Crippen LogP contribution in [-0.2, 0) is 21.4 Å². The van der Waals surface area contributed by atoms with E-state index >= 15 is 0 Å². The van der Waals surface area contributed by atoms with Crippen LogP contribution < -0.4 is 4.72 Å². The van der Waals surface area contributed by atoms with E-state index in [0.717, 1.165) is 16.9 Å². The van der Waals surface area contributed by atoms with E-state index in [0.29, 0.717) is 13.1 Å². The average molecular weight is 339 g/mol. The molecule has 2 aromatic rings. The average Bonchev–Trinajstić information content (AvgIpc) is 3.02. The second kappa shape index (κ2) is 7.48. The van der Waals surface area contributed by atoms with Crippen molar-refractivity contribution in [2.24, 2.45) is 0 Å². The van der Waals surface area contributed by atoms with Crippen LogP contribution in [0.2, 0.25) is 0 Å². The first kappa shape index (κ1) is 16.6. The van der Waals surface area contributed by atoms with Crippen molar-refractivity contribution < 1.29 is 13.2 Å². The number of thiophene rings is 1. The highest BCUT2D eigenvalue weighted by Gasteiger charge is 2.16. The molecule has 0 aliphatic rings. The molecule has 0 fully saturated rings. The highest BCUT2D eigenvalue weighted by Crippen LogP contribution is 2.15. The summed E-state index contributed by atoms with van der Waals surface area (Å²) in [5.74, 6) is -0.112. The van der Waals surface area contributed by atoms with E-state index in [9.17, 15) is 13.2 Å². The first-order chi connectivity index (χ1) is 10.5. The van der Waals surface area contributed by atoms with Crippen molar-refractivity contribution >= 4 is 27.3 Å². The molecule has 8 heteroatoms. The van der Waals surface area contributed by atoms with Gasteiger partial charge in [0.15, 0.2) is 0 Å². The Morgan fingerprint density at radius 2 is 2.18 bits per heavy atom. The van der Waals surface area contributed by atoms with Gasteiger partial charge in [0.1, 0.15) is 4.21 Å². The second-order valence-corrected chi connectivity index (χ2v) is 7.57. The first-order valence-corrected chi connectivity index (χ1v) is 9.03. The number of amides is 1. The van der Waals surface area contributed by atoms with E-state index in [1.165, 1.54) is 6.92 Å². The van der Waals surface area contributed by atoms with E-state index in [1.807, 2.05) is 6.07 Å². The predicted octanol–water partition coefficient (Wildman–Crippen LogP) is 1.47. The molecular formula is C14H17N3O3S2. The molecule has 22 heavy (non-hydrogen) atoms. The third kappa shape index (κ3) is 4.62. The topological polar surface area (TPSA) is 79.4 Å². The summed E-state index contributed by atoms with van der Waals surface area (Å²) in [5.41, 5.74) is 0.902. The van der Waals surface area contributed by atoms with Crippen LogP contribution in [0, 0.1) is 0 Å². The van der Waals surface area contributed by atoms with Crippen molar-refractivity contribution in [3.63, 3.8) is 0 Å². The molecule has 0 unspecified atom stereocenters. The van der Waals surface area contributed by atoms with Gasteiger partial charge >= 0.3 is 0 Å². The van der Waals surface area contributed by atoms with Gasteiger partial charge in [-0.05, 0) is 23.1 Å². The number of carbonyl (C=O) groups is 1. The largest absolute Gasteiger partial charge is 0.337 e. The Bertz CT molecular complexity index is 700. The predicted molar refractivity (Wildman–Crippen MR) is 84.8 cm³/mol. The number of rotatable bonds is 7. The number of nitrogens with one attached hydrogen (secondary N) is 1. The molecule has 1 amide bonds. The summed E-state index contributed by atoms with van der Waals surface area (Å²) in [6.07, 6.45) is 3.35. The monoisotopic (exact) mass is 339 g/mol. The number of pyridine rings is 1. The Morgan fingerprint density at radius 3 is 2.77 bits per heavy atom. The highest BCUT2D eigenvalue weighted by molar-refractivity contribution is 7.91. The zero-order valence-corrected chi connectivity index (χ0v) is 13.7. The van der Waals surface area contributed by atoms with Crippen molar-refractivity contribution in [3.8, 4) is 0 Å². The Labute approximate surface area is 133 Å². The van der Waals surface area contributed by atoms with Gasteiger partial charge in [-0.2, -0.15) is 0 Å². The van der Waals surface area contributed by atoms with E-state index in [4.69, 9.17) is 0 Å². The van der Waals surface area contributed by atoms with E-state index in [-0.39, 0.29) is 16.7 Å². The van der Waals surface area contributed by atoms with E-state index in [1.54, 1.807) is 40.9 Å². The van der Waals surface area contributed by atoms with Gasteiger partial charge in [0, 0.05) is 39.0 Å². The van der Waals surface area contributed by atoms with Gasteiger partial charge < -0.3 is 4.90 Å². The lowest BCUT2D eigenvalue weighted by molar-refractivity contribution is -0.129. The maximum absolute atomic E-state index is 12.0. The molecule has 0 aliphatic heterocycles. The maximum Gasteiger partial charge on any atom is 0.250 e. The zero-order chi connectivity index (χ0) is 16.0. The summed E-state index contributed by atoms with van der Waals surface area (Å²) in [6.45, 7) is 2.34. The Hall–Kier alpha value is -1.77. The van der Waals surface area contributed by atoms with E-state index < -0.39 is 10.0 Å². The lowest BCUT2D eigenvalue weighted by Crippen LogP contribution is -2.37. The molecule has 118 valence electrons. The number of hydrogen-bond acceptors (Lipinski definition) is 5. The molecule has 1 N–H and O–H groups in total. The number of hydrogen-bond donors (Lipinski definition) is 1. The Morgan fingerprint density at radius 1 is 1.36 bits per heavy atom. The van der Waals surface area contributed by atoms with Crippen molar-refractivity contribution in [1.29, 1.82) is 0 Å². The fourth-order valence-corrected chi connectivity index (χ4v) is 3.92. The molecule has 0 atom stereocenters. The highest BCUT2D eigenvalue weighted by atomic mass is 32.2. The summed E-state index contributed by atoms with van der Waals surface area (Å²) in [6, 6.07) is 6.90. The molecule has 2 heterocycles. The quantitative estimate of drug-likeness (QED) is 0.828. The van der Waals surface area contributed by atoms with Crippen LogP contribution in [0.4, 0.5) is 0 Å². The number of carbonyl (C=O) groups excluding carboxylic acids is 1. The van der Waals surface area contributed by atoms with E-state index in [2.05, 4.69) is 9.71 Å². The summed E-state index contributed by atoms with van der Waals surface area (Å²) < 4.78 is 26.8. The maximum atomic E-state index is 12.0. The van der Waals surface area contributed by atoms with Crippen LogP contribution in [0.15, 0.2) is 46.2 Å². The SMILES string of the molecule is CC(=O)N(CCNS(=O)(=O)c1cccs1)Cc1cccnc1. The fraction of sp³-hybridized carbons (Fsp3) is 0.286. The number of sulfonamides is 1. The molecule has 0 radical (unpaired) electrons. The molecule has 0 saturated carbocycles. The summed E-state index contributed by atoms with van der Waals surface area (Å²) in [4.78, 5) is 17.2. The van der Waals surface area contributed by atoms with Gasteiger partial charge in [0.05, 0.1) is 0 Å². The first-order valence-electron chi connectivity index (χ1n) is 6.66. The molecule has 0 bridgehead atoms. The fourth-order valence-electron chi connectivity index (χ4n) is 1.86. The van der Waals surface area contributed by atoms with Gasteiger partial charge in [-0.3, -0.25) is 9.78 Å². The van der Waals surface area contributed by atoms with Crippen LogP contribution >= 0.6 is 11.3 Å². The van der Waals surface area contributed by atoms with Crippen LogP contribution in [0.5, 0.6) is 0 Å². The summed E-state index contributed by atoms with van der Waals surface area (Å²) >= 11 is 1.16. The Balaban J connectivity index is 1.91. The van der Waals surface area contributed by atoms with Crippen LogP contribution in [-0.4, -0.2) is 37.3 Å². The van der Waals surface area contributed by atoms with Gasteiger partial charge in [0.25, 0.3) is 0 Å². The third-order valence-electron chi connectivity index (χ3n) is 2.98. The molecule has 0 aromatic carbocycles. The third-order valence-corrected chi connectivity index (χ3v) is 5.83. The smallest absolute Gasteiger partial charge is 0.250 e. The Kier molecular flexibility index (Phi) is 5.64. The molecule has 2 rings (SSSR count). The number of nitrogens with zero attached hydrogens (tertiary/aromatic N) is 2. The molecule has 6 nitrogen and oxygen atoms in total. The van der Waals surface area contributed by atoms with Crippen LogP contribution in [0.1, 0.15) is 12.5 Å². The molecule has 0 spiro atoms. The van der Waals surface area contributed by atoms with Gasteiger partial charge in [-0.25, -0.2) is 13.1 Å². The van der Waals surface area contributed by atoms with Crippen molar-refractivity contribution in [2.45, 2.75) is 17.7 Å². The van der Waals surface area contributed by atoms with Gasteiger partial charge in [-0.15, -0.1) is 11.3 Å². The minimum Gasteiger partial charge on any atom is -0.337 e. The zero-order valence-electron chi connectivity index (χ0n) is 12.1. The molecule has 0 saturated heterocycles. The minimum atomic E-state index is -3.49. The second-order valence-electron chi connectivity index (χ2n) is 4.63. The molecular weight excluding hydrogens is 322 g/mol. The summed E-state index contributed by atoms with van der Waals surface area (Å²) in [7, 11) is -3.49. The minimum absolute atomic E-state index is 0.112.